The Morgan fingerprint density at radius 1 is 0.973 bits per heavy atom. The van der Waals surface area contributed by atoms with Crippen molar-refractivity contribution in [2.24, 2.45) is 5.92 Å². The van der Waals surface area contributed by atoms with Gasteiger partial charge in [-0.15, -0.1) is 0 Å². The van der Waals surface area contributed by atoms with Crippen molar-refractivity contribution < 1.29 is 19.1 Å². The molecule has 0 bridgehead atoms. The lowest BCUT2D eigenvalue weighted by Gasteiger charge is -2.17. The van der Waals surface area contributed by atoms with Crippen molar-refractivity contribution in [3.05, 3.63) is 89.5 Å². The predicted molar refractivity (Wildman–Crippen MR) is 145 cm³/mol. The number of hydrogen-bond donors (Lipinski definition) is 2. The highest BCUT2D eigenvalue weighted by Crippen LogP contribution is 2.27. The Hall–Kier alpha value is -4.13. The highest BCUT2D eigenvalue weighted by Gasteiger charge is 2.35. The smallest absolute Gasteiger partial charge is 0.262 e. The van der Waals surface area contributed by atoms with Crippen LogP contribution in [0.4, 0.5) is 11.4 Å². The van der Waals surface area contributed by atoms with E-state index >= 15 is 0 Å². The summed E-state index contributed by atoms with van der Waals surface area (Å²) < 4.78 is 5.58. The molecule has 7 heteroatoms. The molecule has 0 spiro atoms. The number of aryl methyl sites for hydroxylation is 1. The molecule has 1 fully saturated rings. The van der Waals surface area contributed by atoms with Crippen molar-refractivity contribution in [1.82, 2.24) is 5.32 Å². The van der Waals surface area contributed by atoms with E-state index in [1.807, 2.05) is 43.3 Å². The average Bonchev–Trinajstić information content (AvgIpc) is 3.29. The van der Waals surface area contributed by atoms with Crippen LogP contribution in [0.2, 0.25) is 0 Å². The van der Waals surface area contributed by atoms with Crippen LogP contribution < -0.4 is 20.3 Å². The second-order valence-corrected chi connectivity index (χ2v) is 9.72. The van der Waals surface area contributed by atoms with E-state index in [-0.39, 0.29) is 30.7 Å². The van der Waals surface area contributed by atoms with Crippen LogP contribution in [0, 0.1) is 12.8 Å². The van der Waals surface area contributed by atoms with Crippen molar-refractivity contribution in [1.29, 1.82) is 0 Å². The number of ether oxygens (including phenoxy) is 1. The molecule has 1 aliphatic rings. The number of benzene rings is 3. The zero-order chi connectivity index (χ0) is 26.4. The monoisotopic (exact) mass is 499 g/mol. The van der Waals surface area contributed by atoms with Gasteiger partial charge in [-0.05, 0) is 60.4 Å². The van der Waals surface area contributed by atoms with E-state index in [0.717, 1.165) is 11.1 Å². The third-order valence-corrected chi connectivity index (χ3v) is 6.46. The van der Waals surface area contributed by atoms with Crippen LogP contribution >= 0.6 is 0 Å². The quantitative estimate of drug-likeness (QED) is 0.443. The summed E-state index contributed by atoms with van der Waals surface area (Å²) in [5.74, 6) is 0.114. The van der Waals surface area contributed by atoms with Gasteiger partial charge in [0.15, 0.2) is 6.61 Å². The Morgan fingerprint density at radius 2 is 1.65 bits per heavy atom. The average molecular weight is 500 g/mol. The Bertz CT molecular complexity index is 1240. The molecule has 2 N–H and O–H groups in total. The van der Waals surface area contributed by atoms with Gasteiger partial charge in [-0.25, -0.2) is 0 Å². The summed E-state index contributed by atoms with van der Waals surface area (Å²) in [7, 11) is 0. The third-order valence-electron chi connectivity index (χ3n) is 6.46. The summed E-state index contributed by atoms with van der Waals surface area (Å²) in [5.41, 5.74) is 4.81. The number of rotatable bonds is 9. The van der Waals surface area contributed by atoms with E-state index in [0.29, 0.717) is 36.1 Å². The van der Waals surface area contributed by atoms with Gasteiger partial charge in [0.05, 0.1) is 5.92 Å². The summed E-state index contributed by atoms with van der Waals surface area (Å²) in [5, 5.41) is 5.75. The summed E-state index contributed by atoms with van der Waals surface area (Å²) in [6.07, 6.45) is 0.176. The second-order valence-electron chi connectivity index (χ2n) is 9.72. The van der Waals surface area contributed by atoms with E-state index in [2.05, 4.69) is 36.6 Å². The van der Waals surface area contributed by atoms with Crippen molar-refractivity contribution in [3.8, 4) is 5.75 Å². The highest BCUT2D eigenvalue weighted by atomic mass is 16.5. The van der Waals surface area contributed by atoms with Gasteiger partial charge < -0.3 is 20.3 Å². The number of carbonyl (C=O) groups excluding carboxylic acids is 3. The van der Waals surface area contributed by atoms with Gasteiger partial charge >= 0.3 is 0 Å². The summed E-state index contributed by atoms with van der Waals surface area (Å²) in [6.45, 7) is 6.91. The van der Waals surface area contributed by atoms with Gasteiger partial charge in [-0.2, -0.15) is 0 Å². The molecule has 1 atom stereocenters. The van der Waals surface area contributed by atoms with Gasteiger partial charge in [0.1, 0.15) is 5.75 Å². The number of amides is 3. The molecule has 1 heterocycles. The normalized spacial score (nSPS) is 15.1. The number of nitrogens with one attached hydrogen (secondary N) is 2. The van der Waals surface area contributed by atoms with Crippen LogP contribution in [0.1, 0.15) is 42.9 Å². The maximum atomic E-state index is 12.7. The van der Waals surface area contributed by atoms with Crippen molar-refractivity contribution >= 4 is 29.1 Å². The first-order valence-electron chi connectivity index (χ1n) is 12.5. The Morgan fingerprint density at radius 3 is 2.30 bits per heavy atom. The lowest BCUT2D eigenvalue weighted by Crippen LogP contribution is -2.32. The van der Waals surface area contributed by atoms with E-state index in [4.69, 9.17) is 4.74 Å². The Balaban J connectivity index is 1.25. The number of anilines is 2. The first-order chi connectivity index (χ1) is 17.8. The molecule has 37 heavy (non-hydrogen) atoms. The van der Waals surface area contributed by atoms with Gasteiger partial charge in [0.2, 0.25) is 11.8 Å². The first-order valence-corrected chi connectivity index (χ1v) is 12.5. The maximum Gasteiger partial charge on any atom is 0.262 e. The zero-order valence-corrected chi connectivity index (χ0v) is 21.5. The highest BCUT2D eigenvalue weighted by molar-refractivity contribution is 6.00. The summed E-state index contributed by atoms with van der Waals surface area (Å²) in [6, 6.07) is 22.7. The Labute approximate surface area is 217 Å². The lowest BCUT2D eigenvalue weighted by molar-refractivity contribution is -0.126. The fourth-order valence-corrected chi connectivity index (χ4v) is 4.19. The lowest BCUT2D eigenvalue weighted by atomic mass is 10.0. The number of hydrogen-bond acceptors (Lipinski definition) is 4. The molecule has 0 radical (unpaired) electrons. The van der Waals surface area contributed by atoms with Crippen LogP contribution in [0.15, 0.2) is 72.8 Å². The maximum absolute atomic E-state index is 12.7. The molecule has 1 aliphatic heterocycles. The minimum absolute atomic E-state index is 0.0902. The van der Waals surface area contributed by atoms with Crippen LogP contribution in [0.25, 0.3) is 0 Å². The van der Waals surface area contributed by atoms with E-state index < -0.39 is 5.92 Å². The van der Waals surface area contributed by atoms with E-state index in [1.165, 1.54) is 5.56 Å². The molecular formula is C30H33N3O4. The topological polar surface area (TPSA) is 87.7 Å². The van der Waals surface area contributed by atoms with Crippen LogP contribution in [-0.4, -0.2) is 30.9 Å². The van der Waals surface area contributed by atoms with E-state index in [9.17, 15) is 14.4 Å². The molecule has 0 aromatic heterocycles. The molecule has 7 nitrogen and oxygen atoms in total. The van der Waals surface area contributed by atoms with Gasteiger partial charge in [0, 0.05) is 30.9 Å². The molecule has 1 saturated heterocycles. The van der Waals surface area contributed by atoms with Crippen molar-refractivity contribution in [2.45, 2.75) is 39.7 Å². The fraction of sp³-hybridized carbons (Fsp3) is 0.300. The fourth-order valence-electron chi connectivity index (χ4n) is 4.19. The van der Waals surface area contributed by atoms with Gasteiger partial charge in [-0.1, -0.05) is 55.8 Å². The van der Waals surface area contributed by atoms with Crippen molar-refractivity contribution in [2.75, 3.05) is 23.4 Å². The van der Waals surface area contributed by atoms with Crippen LogP contribution in [0.5, 0.6) is 5.75 Å². The van der Waals surface area contributed by atoms with Gasteiger partial charge in [0.25, 0.3) is 5.91 Å². The summed E-state index contributed by atoms with van der Waals surface area (Å²) in [4.78, 5) is 39.1. The largest absolute Gasteiger partial charge is 0.484 e. The summed E-state index contributed by atoms with van der Waals surface area (Å²) >= 11 is 0. The third kappa shape index (κ3) is 6.97. The molecular weight excluding hydrogens is 466 g/mol. The predicted octanol–water partition coefficient (Wildman–Crippen LogP) is 4.81. The number of carbonyl (C=O) groups is 3. The minimum atomic E-state index is -0.399. The van der Waals surface area contributed by atoms with Crippen LogP contribution in [-0.2, 0) is 20.9 Å². The first kappa shape index (κ1) is 25.9. The SMILES string of the molecule is Cc1ccc(NC(=O)COc2ccc(N3C[C@H](C(=O)NCc4ccc(C(C)C)cc4)CC3=O)cc2)cc1. The van der Waals surface area contributed by atoms with Gasteiger partial charge in [-0.3, -0.25) is 14.4 Å². The zero-order valence-electron chi connectivity index (χ0n) is 21.5. The van der Waals surface area contributed by atoms with Crippen LogP contribution in [0.3, 0.4) is 0 Å². The van der Waals surface area contributed by atoms with E-state index in [1.54, 1.807) is 29.2 Å². The number of nitrogens with zero attached hydrogens (tertiary/aromatic N) is 1. The minimum Gasteiger partial charge on any atom is -0.484 e. The second kappa shape index (κ2) is 11.7. The standard InChI is InChI=1S/C30H33N3O4/c1-20(2)23-8-6-22(7-9-23)17-31-30(36)24-16-29(35)33(18-24)26-12-14-27(15-13-26)37-19-28(34)32-25-10-4-21(3)5-11-25/h4-15,20,24H,16-19H2,1-3H3,(H,31,36)(H,32,34)/t24-/m1/s1. The van der Waals surface area contributed by atoms with Crippen molar-refractivity contribution in [3.63, 3.8) is 0 Å². The molecule has 3 amide bonds. The molecule has 0 aliphatic carbocycles. The molecule has 3 aromatic rings. The molecule has 0 saturated carbocycles. The Kier molecular flexibility index (Phi) is 8.23. The molecule has 3 aromatic carbocycles. The molecule has 192 valence electrons. The molecule has 0 unspecified atom stereocenters. The molecule has 4 rings (SSSR count).